The van der Waals surface area contributed by atoms with Gasteiger partial charge >= 0.3 is 6.03 Å². The number of likely N-dealkylation sites (N-methyl/N-ethyl adjacent to an activating group) is 1. The fourth-order valence-corrected chi connectivity index (χ4v) is 7.19. The summed E-state index contributed by atoms with van der Waals surface area (Å²) in [7, 11) is 0. The van der Waals surface area contributed by atoms with Crippen LogP contribution in [-0.2, 0) is 0 Å². The third kappa shape index (κ3) is 4.80. The van der Waals surface area contributed by atoms with Crippen LogP contribution in [0, 0.1) is 0 Å². The molecule has 3 N–H and O–H groups in total. The van der Waals surface area contributed by atoms with Crippen LogP contribution in [0.1, 0.15) is 56.8 Å². The predicted octanol–water partition coefficient (Wildman–Crippen LogP) is 2.95. The molecule has 2 aromatic rings. The number of aliphatic imine (C=N–C) groups is 1. The van der Waals surface area contributed by atoms with Crippen LogP contribution in [0.25, 0.3) is 10.2 Å². The summed E-state index contributed by atoms with van der Waals surface area (Å²) in [5.41, 5.74) is 0.0707. The molecule has 0 aliphatic carbocycles. The maximum absolute atomic E-state index is 13.7. The molecule has 200 valence electrons. The Kier molecular flexibility index (Phi) is 7.37. The van der Waals surface area contributed by atoms with Crippen LogP contribution < -0.4 is 10.6 Å². The summed E-state index contributed by atoms with van der Waals surface area (Å²) in [5, 5.41) is 18.0. The Labute approximate surface area is 221 Å². The number of amidine groups is 1. The molecule has 2 fully saturated rings. The van der Waals surface area contributed by atoms with Crippen molar-refractivity contribution in [1.82, 2.24) is 25.0 Å². The first-order valence-electron chi connectivity index (χ1n) is 13.3. The summed E-state index contributed by atoms with van der Waals surface area (Å²) in [6.45, 7) is 10.2. The standard InChI is InChI=1S/C26H37N7O3S/c1-4-27-25(36)29-22-20(19-8-6-12-28-21(19)37-22)23(34)31-14-9-18(10-15-31)32-13-7-11-26(16-32)24(35)33(5-2)17(3)30-26/h6,8,12,18,24,35H,4-5,7,9-11,13-16H2,1-3H3,(H2,27,29,36). The Morgan fingerprint density at radius 3 is 2.73 bits per heavy atom. The number of anilines is 1. The van der Waals surface area contributed by atoms with Crippen molar-refractivity contribution in [2.75, 3.05) is 44.6 Å². The number of amides is 3. The van der Waals surface area contributed by atoms with E-state index in [1.807, 2.05) is 35.8 Å². The van der Waals surface area contributed by atoms with Gasteiger partial charge in [0.15, 0.2) is 6.23 Å². The Bertz CT molecular complexity index is 1190. The van der Waals surface area contributed by atoms with Gasteiger partial charge in [-0.3, -0.25) is 20.0 Å². The van der Waals surface area contributed by atoms with Crippen molar-refractivity contribution in [3.63, 3.8) is 0 Å². The number of piperidine rings is 2. The largest absolute Gasteiger partial charge is 0.371 e. The monoisotopic (exact) mass is 527 g/mol. The molecule has 5 rings (SSSR count). The average Bonchev–Trinajstić information content (AvgIpc) is 3.36. The summed E-state index contributed by atoms with van der Waals surface area (Å²) >= 11 is 1.33. The van der Waals surface area contributed by atoms with Crippen molar-refractivity contribution < 1.29 is 14.7 Å². The topological polar surface area (TPSA) is 113 Å². The van der Waals surface area contributed by atoms with Crippen LogP contribution in [0.5, 0.6) is 0 Å². The number of rotatable bonds is 5. The number of nitrogens with zero attached hydrogens (tertiary/aromatic N) is 5. The van der Waals surface area contributed by atoms with E-state index in [2.05, 4.69) is 27.4 Å². The lowest BCUT2D eigenvalue weighted by atomic mass is 9.86. The van der Waals surface area contributed by atoms with Crippen molar-refractivity contribution >= 4 is 44.3 Å². The van der Waals surface area contributed by atoms with Crippen LogP contribution in [0.2, 0.25) is 0 Å². The Balaban J connectivity index is 1.28. The first kappa shape index (κ1) is 25.9. The molecule has 0 aromatic carbocycles. The van der Waals surface area contributed by atoms with Crippen LogP contribution in [0.3, 0.4) is 0 Å². The van der Waals surface area contributed by atoms with Crippen molar-refractivity contribution in [2.45, 2.75) is 64.3 Å². The minimum atomic E-state index is -0.571. The Morgan fingerprint density at radius 1 is 1.24 bits per heavy atom. The summed E-state index contributed by atoms with van der Waals surface area (Å²) in [6, 6.07) is 3.74. The highest BCUT2D eigenvalue weighted by atomic mass is 32.1. The zero-order valence-electron chi connectivity index (χ0n) is 21.9. The normalized spacial score (nSPS) is 25.1. The Morgan fingerprint density at radius 2 is 2.03 bits per heavy atom. The van der Waals surface area contributed by atoms with Gasteiger partial charge in [0.25, 0.3) is 5.91 Å². The molecule has 2 saturated heterocycles. The second-order valence-electron chi connectivity index (χ2n) is 10.2. The third-order valence-corrected chi connectivity index (χ3v) is 8.99. The van der Waals surface area contributed by atoms with Gasteiger partial charge in [-0.15, -0.1) is 0 Å². The van der Waals surface area contributed by atoms with E-state index in [4.69, 9.17) is 4.99 Å². The molecule has 0 bridgehead atoms. The van der Waals surface area contributed by atoms with Crippen molar-refractivity contribution in [3.8, 4) is 0 Å². The van der Waals surface area contributed by atoms with Gasteiger partial charge in [-0.2, -0.15) is 0 Å². The third-order valence-electron chi connectivity index (χ3n) is 7.96. The number of aromatic nitrogens is 1. The van der Waals surface area contributed by atoms with Crippen LogP contribution in [0.15, 0.2) is 23.3 Å². The molecule has 1 spiro atoms. The van der Waals surface area contributed by atoms with Crippen LogP contribution in [-0.4, -0.2) is 99.6 Å². The number of fused-ring (bicyclic) bond motifs is 1. The highest BCUT2D eigenvalue weighted by Gasteiger charge is 2.49. The van der Waals surface area contributed by atoms with E-state index >= 15 is 0 Å². The number of aliphatic hydroxyl groups is 1. The van der Waals surface area contributed by atoms with Gasteiger partial charge in [0.1, 0.15) is 15.4 Å². The molecule has 11 heteroatoms. The average molecular weight is 528 g/mol. The van der Waals surface area contributed by atoms with Gasteiger partial charge in [0.05, 0.1) is 11.4 Å². The number of hydrogen-bond acceptors (Lipinski definition) is 8. The number of thiophene rings is 1. The second-order valence-corrected chi connectivity index (χ2v) is 11.2. The summed E-state index contributed by atoms with van der Waals surface area (Å²) in [6.07, 6.45) is 4.78. The molecular weight excluding hydrogens is 490 g/mol. The number of aliphatic hydroxyl groups excluding tert-OH is 1. The van der Waals surface area contributed by atoms with E-state index in [1.165, 1.54) is 11.3 Å². The zero-order chi connectivity index (χ0) is 26.2. The first-order chi connectivity index (χ1) is 17.9. The molecule has 2 atom stereocenters. The lowest BCUT2D eigenvalue weighted by molar-refractivity contribution is -0.0373. The summed E-state index contributed by atoms with van der Waals surface area (Å²) in [5.74, 6) is 0.858. The number of pyridine rings is 1. The van der Waals surface area contributed by atoms with Crippen LogP contribution in [0.4, 0.5) is 9.80 Å². The molecule has 2 aromatic heterocycles. The van der Waals surface area contributed by atoms with E-state index in [1.54, 1.807) is 6.20 Å². The van der Waals surface area contributed by atoms with E-state index in [-0.39, 0.29) is 11.9 Å². The second kappa shape index (κ2) is 10.5. The van der Waals surface area contributed by atoms with E-state index < -0.39 is 11.8 Å². The molecule has 0 radical (unpaired) electrons. The molecule has 2 unspecified atom stereocenters. The summed E-state index contributed by atoms with van der Waals surface area (Å²) in [4.78, 5) is 42.5. The minimum absolute atomic E-state index is 0.0651. The maximum atomic E-state index is 13.7. The predicted molar refractivity (Wildman–Crippen MR) is 146 cm³/mol. The smallest absolute Gasteiger partial charge is 0.319 e. The summed E-state index contributed by atoms with van der Waals surface area (Å²) < 4.78 is 0. The van der Waals surface area contributed by atoms with Gasteiger partial charge in [-0.1, -0.05) is 11.3 Å². The lowest BCUT2D eigenvalue weighted by Crippen LogP contribution is -2.59. The first-order valence-corrected chi connectivity index (χ1v) is 14.2. The lowest BCUT2D eigenvalue weighted by Gasteiger charge is -2.46. The number of likely N-dealkylation sites (tertiary alicyclic amines) is 2. The molecule has 0 saturated carbocycles. The fraction of sp³-hybridized carbons (Fsp3) is 0.615. The van der Waals surface area contributed by atoms with Crippen molar-refractivity contribution in [3.05, 3.63) is 23.9 Å². The number of hydrogen-bond donors (Lipinski definition) is 3. The molecule has 3 aliphatic heterocycles. The molecule has 37 heavy (non-hydrogen) atoms. The number of carbonyl (C=O) groups is 2. The van der Waals surface area contributed by atoms with Gasteiger partial charge in [0, 0.05) is 50.3 Å². The van der Waals surface area contributed by atoms with Crippen molar-refractivity contribution in [2.24, 2.45) is 4.99 Å². The molecule has 5 heterocycles. The number of urea groups is 1. The number of carbonyl (C=O) groups excluding carboxylic acids is 2. The Hall–Kier alpha value is -2.76. The highest BCUT2D eigenvalue weighted by Crippen LogP contribution is 2.38. The minimum Gasteiger partial charge on any atom is -0.371 e. The van der Waals surface area contributed by atoms with Gasteiger partial charge in [-0.25, -0.2) is 9.78 Å². The van der Waals surface area contributed by atoms with E-state index in [0.29, 0.717) is 36.2 Å². The van der Waals surface area contributed by atoms with E-state index in [9.17, 15) is 14.7 Å². The van der Waals surface area contributed by atoms with Crippen LogP contribution >= 0.6 is 11.3 Å². The van der Waals surface area contributed by atoms with E-state index in [0.717, 1.165) is 61.4 Å². The fourth-order valence-electron chi connectivity index (χ4n) is 6.16. The molecular formula is C26H37N7O3S. The molecule has 3 aliphatic rings. The zero-order valence-corrected chi connectivity index (χ0v) is 22.7. The maximum Gasteiger partial charge on any atom is 0.319 e. The molecule has 10 nitrogen and oxygen atoms in total. The highest BCUT2D eigenvalue weighted by molar-refractivity contribution is 7.23. The van der Waals surface area contributed by atoms with Crippen molar-refractivity contribution in [1.29, 1.82) is 0 Å². The van der Waals surface area contributed by atoms with Gasteiger partial charge < -0.3 is 20.2 Å². The quantitative estimate of drug-likeness (QED) is 0.551. The molecule has 3 amide bonds. The SMILES string of the molecule is CCNC(=O)Nc1sc2ncccc2c1C(=O)N1CCC(N2CCCC3(C2)N=C(C)N(CC)C3O)CC1. The number of nitrogens with one attached hydrogen (secondary N) is 2. The van der Waals surface area contributed by atoms with Gasteiger partial charge in [-0.05, 0) is 65.1 Å². The van der Waals surface area contributed by atoms with Gasteiger partial charge in [0.2, 0.25) is 0 Å².